The number of hydrogen-bond donors (Lipinski definition) is 1. The maximum absolute atomic E-state index is 15.1. The minimum Gasteiger partial charge on any atom is -0.479 e. The third kappa shape index (κ3) is 7.28. The molecule has 2 aromatic rings. The highest BCUT2D eigenvalue weighted by Crippen LogP contribution is 2.43. The van der Waals surface area contributed by atoms with Gasteiger partial charge >= 0.3 is 5.97 Å². The molecule has 0 unspecified atom stereocenters. The van der Waals surface area contributed by atoms with Gasteiger partial charge in [-0.25, -0.2) is 14.2 Å². The predicted molar refractivity (Wildman–Crippen MR) is 144 cm³/mol. The van der Waals surface area contributed by atoms with Crippen molar-refractivity contribution in [2.75, 3.05) is 24.6 Å². The molecule has 1 fully saturated rings. The standard InChI is InChI=1S/C29H40FN3O4/c1-18(2)9-14-36-26-22(30)15-20(16-32-26)21-17-31-19(3)23(25(27(34)35)37-28(4,5)6)24(21)33-12-10-29(7,8)11-13-33/h15-17,25H,1,9-14H2,2-8H3,(H,34,35)/t25-/m0/s1. The summed E-state index contributed by atoms with van der Waals surface area (Å²) in [5, 5.41) is 10.2. The van der Waals surface area contributed by atoms with Crippen molar-refractivity contribution in [2.24, 2.45) is 5.41 Å². The summed E-state index contributed by atoms with van der Waals surface area (Å²) in [5.41, 5.74) is 3.29. The van der Waals surface area contributed by atoms with Crippen LogP contribution < -0.4 is 9.64 Å². The molecule has 0 radical (unpaired) electrons. The fourth-order valence-electron chi connectivity index (χ4n) is 4.40. The van der Waals surface area contributed by atoms with Gasteiger partial charge in [-0.05, 0) is 58.9 Å². The Balaban J connectivity index is 2.14. The van der Waals surface area contributed by atoms with E-state index in [0.717, 1.165) is 31.5 Å². The van der Waals surface area contributed by atoms with Crippen molar-refractivity contribution >= 4 is 11.7 Å². The fourth-order valence-corrected chi connectivity index (χ4v) is 4.40. The molecule has 0 aromatic carbocycles. The molecule has 0 spiro atoms. The molecular formula is C29H40FN3O4. The van der Waals surface area contributed by atoms with E-state index < -0.39 is 23.5 Å². The van der Waals surface area contributed by atoms with Crippen molar-refractivity contribution in [2.45, 2.75) is 79.4 Å². The van der Waals surface area contributed by atoms with Gasteiger partial charge in [0.1, 0.15) is 0 Å². The molecular weight excluding hydrogens is 473 g/mol. The highest BCUT2D eigenvalue weighted by Gasteiger charge is 2.36. The van der Waals surface area contributed by atoms with E-state index in [9.17, 15) is 9.90 Å². The third-order valence-corrected chi connectivity index (χ3v) is 6.56. The summed E-state index contributed by atoms with van der Waals surface area (Å²) in [5.74, 6) is -1.76. The number of pyridine rings is 2. The summed E-state index contributed by atoms with van der Waals surface area (Å²) in [6.07, 6.45) is 4.46. The quantitative estimate of drug-likeness (QED) is 0.383. The first-order chi connectivity index (χ1) is 17.2. The number of ether oxygens (including phenoxy) is 2. The van der Waals surface area contributed by atoms with Crippen molar-refractivity contribution < 1.29 is 23.8 Å². The van der Waals surface area contributed by atoms with E-state index in [1.165, 1.54) is 6.07 Å². The predicted octanol–water partition coefficient (Wildman–Crippen LogP) is 6.50. The van der Waals surface area contributed by atoms with Crippen LogP contribution in [0.3, 0.4) is 0 Å². The molecule has 8 heteroatoms. The Hall–Kier alpha value is -3.00. The number of aliphatic carboxylic acids is 1. The zero-order valence-electron chi connectivity index (χ0n) is 23.2. The number of carboxylic acids is 1. The third-order valence-electron chi connectivity index (χ3n) is 6.56. The number of aromatic nitrogens is 2. The first-order valence-corrected chi connectivity index (χ1v) is 12.8. The molecule has 202 valence electrons. The van der Waals surface area contributed by atoms with Crippen LogP contribution in [0.25, 0.3) is 11.1 Å². The molecule has 3 heterocycles. The molecule has 37 heavy (non-hydrogen) atoms. The molecule has 1 saturated heterocycles. The normalized spacial score (nSPS) is 16.4. The number of aryl methyl sites for hydroxylation is 1. The van der Waals surface area contributed by atoms with Crippen LogP contribution in [-0.2, 0) is 9.53 Å². The van der Waals surface area contributed by atoms with Gasteiger partial charge in [0.2, 0.25) is 5.88 Å². The minimum absolute atomic E-state index is 0.0777. The molecule has 0 bridgehead atoms. The van der Waals surface area contributed by atoms with Gasteiger partial charge in [-0.3, -0.25) is 4.98 Å². The molecule has 0 saturated carbocycles. The number of carboxylic acid groups (broad SMARTS) is 1. The lowest BCUT2D eigenvalue weighted by Gasteiger charge is -2.40. The lowest BCUT2D eigenvalue weighted by Crippen LogP contribution is -2.39. The Bertz CT molecular complexity index is 1150. The molecule has 0 amide bonds. The highest BCUT2D eigenvalue weighted by atomic mass is 19.1. The number of carbonyl (C=O) groups is 1. The summed E-state index contributed by atoms with van der Waals surface area (Å²) >= 11 is 0. The van der Waals surface area contributed by atoms with Crippen molar-refractivity contribution in [1.82, 2.24) is 9.97 Å². The van der Waals surface area contributed by atoms with Crippen LogP contribution >= 0.6 is 0 Å². The van der Waals surface area contributed by atoms with Gasteiger partial charge in [-0.1, -0.05) is 19.4 Å². The monoisotopic (exact) mass is 513 g/mol. The van der Waals surface area contributed by atoms with Crippen LogP contribution in [0.5, 0.6) is 5.88 Å². The van der Waals surface area contributed by atoms with E-state index >= 15 is 4.39 Å². The van der Waals surface area contributed by atoms with E-state index in [1.54, 1.807) is 19.3 Å². The van der Waals surface area contributed by atoms with Crippen LogP contribution in [0.1, 0.15) is 78.2 Å². The second-order valence-corrected chi connectivity index (χ2v) is 11.7. The van der Waals surface area contributed by atoms with E-state index in [1.807, 2.05) is 27.7 Å². The average molecular weight is 514 g/mol. The van der Waals surface area contributed by atoms with E-state index in [0.29, 0.717) is 34.5 Å². The second kappa shape index (κ2) is 11.2. The number of rotatable bonds is 9. The zero-order valence-corrected chi connectivity index (χ0v) is 23.2. The average Bonchev–Trinajstić information content (AvgIpc) is 2.78. The van der Waals surface area contributed by atoms with Crippen molar-refractivity contribution in [1.29, 1.82) is 0 Å². The first kappa shape index (κ1) is 28.6. The summed E-state index contributed by atoms with van der Waals surface area (Å²) in [6.45, 7) is 19.2. The minimum atomic E-state index is -1.24. The van der Waals surface area contributed by atoms with Gasteiger partial charge in [-0.2, -0.15) is 0 Å². The Morgan fingerprint density at radius 1 is 1.24 bits per heavy atom. The molecule has 2 aromatic heterocycles. The smallest absolute Gasteiger partial charge is 0.337 e. The van der Waals surface area contributed by atoms with Crippen molar-refractivity contribution in [3.8, 4) is 17.0 Å². The Labute approximate surface area is 219 Å². The number of halogens is 1. The molecule has 1 aliphatic heterocycles. The summed E-state index contributed by atoms with van der Waals surface area (Å²) in [4.78, 5) is 23.4. The number of hydrogen-bond acceptors (Lipinski definition) is 6. The van der Waals surface area contributed by atoms with Crippen LogP contribution in [-0.4, -0.2) is 46.3 Å². The van der Waals surface area contributed by atoms with Gasteiger partial charge in [0.05, 0.1) is 17.9 Å². The van der Waals surface area contributed by atoms with Crippen LogP contribution in [0, 0.1) is 18.2 Å². The molecule has 7 nitrogen and oxygen atoms in total. The Kier molecular flexibility index (Phi) is 8.63. The molecule has 1 atom stereocenters. The topological polar surface area (TPSA) is 84.8 Å². The second-order valence-electron chi connectivity index (χ2n) is 11.7. The molecule has 3 rings (SSSR count). The van der Waals surface area contributed by atoms with Crippen LogP contribution in [0.15, 0.2) is 30.6 Å². The van der Waals surface area contributed by atoms with Crippen LogP contribution in [0.4, 0.5) is 10.1 Å². The maximum Gasteiger partial charge on any atom is 0.337 e. The van der Waals surface area contributed by atoms with Crippen LogP contribution in [0.2, 0.25) is 0 Å². The summed E-state index contributed by atoms with van der Waals surface area (Å²) in [7, 11) is 0. The summed E-state index contributed by atoms with van der Waals surface area (Å²) in [6, 6.07) is 1.37. The first-order valence-electron chi connectivity index (χ1n) is 12.8. The molecule has 1 aliphatic rings. The maximum atomic E-state index is 15.1. The highest BCUT2D eigenvalue weighted by molar-refractivity contribution is 5.86. The zero-order chi connectivity index (χ0) is 27.5. The largest absolute Gasteiger partial charge is 0.479 e. The fraction of sp³-hybridized carbons (Fsp3) is 0.552. The lowest BCUT2D eigenvalue weighted by molar-refractivity contribution is -0.160. The number of anilines is 1. The van der Waals surface area contributed by atoms with Gasteiger partial charge < -0.3 is 19.5 Å². The van der Waals surface area contributed by atoms with E-state index in [4.69, 9.17) is 9.47 Å². The van der Waals surface area contributed by atoms with Gasteiger partial charge in [0, 0.05) is 54.3 Å². The Morgan fingerprint density at radius 3 is 2.43 bits per heavy atom. The van der Waals surface area contributed by atoms with Gasteiger partial charge in [0.25, 0.3) is 0 Å². The Morgan fingerprint density at radius 2 is 1.89 bits per heavy atom. The SMILES string of the molecule is C=C(C)CCOc1ncc(-c2cnc(C)c([C@H](OC(C)(C)C)C(=O)O)c2N2CCC(C)(C)CC2)cc1F. The lowest BCUT2D eigenvalue weighted by atomic mass is 9.82. The van der Waals surface area contributed by atoms with E-state index in [-0.39, 0.29) is 17.9 Å². The summed E-state index contributed by atoms with van der Waals surface area (Å²) < 4.78 is 26.6. The van der Waals surface area contributed by atoms with Gasteiger partial charge in [-0.15, -0.1) is 6.58 Å². The van der Waals surface area contributed by atoms with Crippen molar-refractivity contribution in [3.63, 3.8) is 0 Å². The van der Waals surface area contributed by atoms with E-state index in [2.05, 4.69) is 35.3 Å². The number of nitrogens with zero attached hydrogens (tertiary/aromatic N) is 3. The van der Waals surface area contributed by atoms with Crippen molar-refractivity contribution in [3.05, 3.63) is 47.7 Å². The molecule has 0 aliphatic carbocycles. The van der Waals surface area contributed by atoms with Gasteiger partial charge in [0.15, 0.2) is 11.9 Å². The molecule has 1 N–H and O–H groups in total. The number of piperidine rings is 1.